The maximum absolute atomic E-state index is 11.8. The lowest BCUT2D eigenvalue weighted by Crippen LogP contribution is -2.33. The van der Waals surface area contributed by atoms with Gasteiger partial charge in [0.15, 0.2) is 6.61 Å². The Balaban J connectivity index is 1.85. The second-order valence-corrected chi connectivity index (χ2v) is 5.11. The van der Waals surface area contributed by atoms with Crippen molar-refractivity contribution in [3.63, 3.8) is 0 Å². The number of methoxy groups -OCH3 is 1. The molecule has 0 fully saturated rings. The predicted molar refractivity (Wildman–Crippen MR) is 80.1 cm³/mol. The standard InChI is InChI=1S/C15H13NO5S/c1-20-11-5-2-4-10(8-11)15(19)21-9-13(17)16-14(18)12-6-3-7-22-12/h2-8H,9H2,1H3,(H,16,17,18). The van der Waals surface area contributed by atoms with Gasteiger partial charge in [0.05, 0.1) is 17.6 Å². The molecule has 0 bridgehead atoms. The number of ether oxygens (including phenoxy) is 2. The monoisotopic (exact) mass is 319 g/mol. The summed E-state index contributed by atoms with van der Waals surface area (Å²) >= 11 is 1.21. The molecule has 2 aromatic rings. The molecule has 0 aliphatic rings. The van der Waals surface area contributed by atoms with Crippen molar-refractivity contribution in [3.05, 3.63) is 52.2 Å². The summed E-state index contributed by atoms with van der Waals surface area (Å²) in [6.07, 6.45) is 0. The summed E-state index contributed by atoms with van der Waals surface area (Å²) < 4.78 is 9.85. The van der Waals surface area contributed by atoms with Gasteiger partial charge in [-0.3, -0.25) is 14.9 Å². The first-order valence-corrected chi connectivity index (χ1v) is 7.17. The van der Waals surface area contributed by atoms with Crippen molar-refractivity contribution in [3.8, 4) is 5.75 Å². The minimum Gasteiger partial charge on any atom is -0.497 e. The van der Waals surface area contributed by atoms with Crippen molar-refractivity contribution in [1.29, 1.82) is 0 Å². The lowest BCUT2D eigenvalue weighted by Gasteiger charge is -2.06. The van der Waals surface area contributed by atoms with Gasteiger partial charge in [-0.2, -0.15) is 0 Å². The van der Waals surface area contributed by atoms with E-state index in [9.17, 15) is 14.4 Å². The molecular formula is C15H13NO5S. The molecule has 0 aliphatic carbocycles. The third kappa shape index (κ3) is 4.16. The molecule has 114 valence electrons. The molecule has 1 aromatic heterocycles. The predicted octanol–water partition coefficient (Wildman–Crippen LogP) is 1.87. The van der Waals surface area contributed by atoms with Gasteiger partial charge in [-0.15, -0.1) is 11.3 Å². The van der Waals surface area contributed by atoms with E-state index >= 15 is 0 Å². The molecule has 6 nitrogen and oxygen atoms in total. The Kier molecular flexibility index (Phi) is 5.26. The van der Waals surface area contributed by atoms with Gasteiger partial charge in [0.2, 0.25) is 0 Å². The Morgan fingerprint density at radius 1 is 1.18 bits per heavy atom. The van der Waals surface area contributed by atoms with Gasteiger partial charge in [0.25, 0.3) is 11.8 Å². The van der Waals surface area contributed by atoms with E-state index in [0.717, 1.165) is 0 Å². The van der Waals surface area contributed by atoms with E-state index in [1.807, 2.05) is 0 Å². The number of thiophene rings is 1. The van der Waals surface area contributed by atoms with Crippen molar-refractivity contribution >= 4 is 29.1 Å². The fourth-order valence-electron chi connectivity index (χ4n) is 1.60. The fourth-order valence-corrected chi connectivity index (χ4v) is 2.22. The van der Waals surface area contributed by atoms with E-state index in [1.54, 1.807) is 35.7 Å². The number of imide groups is 1. The number of benzene rings is 1. The maximum Gasteiger partial charge on any atom is 0.338 e. The van der Waals surface area contributed by atoms with Crippen molar-refractivity contribution < 1.29 is 23.9 Å². The number of carbonyl (C=O) groups excluding carboxylic acids is 3. The molecule has 22 heavy (non-hydrogen) atoms. The molecule has 0 radical (unpaired) electrons. The van der Waals surface area contributed by atoms with Crippen LogP contribution in [0.3, 0.4) is 0 Å². The Morgan fingerprint density at radius 2 is 2.00 bits per heavy atom. The number of rotatable bonds is 5. The number of hydrogen-bond donors (Lipinski definition) is 1. The maximum atomic E-state index is 11.8. The van der Waals surface area contributed by atoms with Gasteiger partial charge in [-0.25, -0.2) is 4.79 Å². The third-order valence-electron chi connectivity index (χ3n) is 2.64. The summed E-state index contributed by atoms with van der Waals surface area (Å²) in [4.78, 5) is 35.4. The van der Waals surface area contributed by atoms with Crippen LogP contribution in [0.1, 0.15) is 20.0 Å². The Hall–Kier alpha value is -2.67. The molecule has 1 aromatic carbocycles. The summed E-state index contributed by atoms with van der Waals surface area (Å²) in [6.45, 7) is -0.535. The second kappa shape index (κ2) is 7.37. The van der Waals surface area contributed by atoms with Gasteiger partial charge >= 0.3 is 5.97 Å². The van der Waals surface area contributed by atoms with Crippen LogP contribution in [-0.2, 0) is 9.53 Å². The number of carbonyl (C=O) groups is 3. The molecule has 0 saturated carbocycles. The Morgan fingerprint density at radius 3 is 2.68 bits per heavy atom. The first-order chi connectivity index (χ1) is 10.6. The summed E-state index contributed by atoms with van der Waals surface area (Å²) in [7, 11) is 1.48. The van der Waals surface area contributed by atoms with Crippen LogP contribution in [0.15, 0.2) is 41.8 Å². The molecule has 1 N–H and O–H groups in total. The summed E-state index contributed by atoms with van der Waals surface area (Å²) in [5.41, 5.74) is 0.261. The molecule has 0 atom stereocenters. The highest BCUT2D eigenvalue weighted by Crippen LogP contribution is 2.13. The minimum atomic E-state index is -0.686. The molecule has 0 saturated heterocycles. The topological polar surface area (TPSA) is 81.7 Å². The highest BCUT2D eigenvalue weighted by Gasteiger charge is 2.14. The van der Waals surface area contributed by atoms with E-state index in [4.69, 9.17) is 9.47 Å². The number of amides is 2. The van der Waals surface area contributed by atoms with Crippen LogP contribution in [0.5, 0.6) is 5.75 Å². The van der Waals surface area contributed by atoms with Crippen LogP contribution in [0.4, 0.5) is 0 Å². The SMILES string of the molecule is COc1cccc(C(=O)OCC(=O)NC(=O)c2cccs2)c1. The van der Waals surface area contributed by atoms with Crippen LogP contribution in [0.2, 0.25) is 0 Å². The molecule has 1 heterocycles. The number of hydrogen-bond acceptors (Lipinski definition) is 6. The molecule has 2 amide bonds. The van der Waals surface area contributed by atoms with Crippen LogP contribution in [0, 0.1) is 0 Å². The average Bonchev–Trinajstić information content (AvgIpc) is 3.07. The smallest absolute Gasteiger partial charge is 0.338 e. The van der Waals surface area contributed by atoms with Crippen LogP contribution in [0.25, 0.3) is 0 Å². The summed E-state index contributed by atoms with van der Waals surface area (Å²) in [5.74, 6) is -1.36. The van der Waals surface area contributed by atoms with E-state index in [1.165, 1.54) is 24.5 Å². The van der Waals surface area contributed by atoms with Gasteiger partial charge in [0.1, 0.15) is 5.75 Å². The molecule has 7 heteroatoms. The largest absolute Gasteiger partial charge is 0.497 e. The lowest BCUT2D eigenvalue weighted by atomic mass is 10.2. The third-order valence-corrected chi connectivity index (χ3v) is 3.51. The Labute approximate surface area is 130 Å². The van der Waals surface area contributed by atoms with E-state index in [-0.39, 0.29) is 5.56 Å². The summed E-state index contributed by atoms with van der Waals surface area (Å²) in [5, 5.41) is 3.87. The minimum absolute atomic E-state index is 0.261. The van der Waals surface area contributed by atoms with Gasteiger partial charge in [-0.1, -0.05) is 12.1 Å². The summed E-state index contributed by atoms with van der Waals surface area (Å²) in [6, 6.07) is 9.65. The quantitative estimate of drug-likeness (QED) is 0.851. The number of esters is 1. The zero-order valence-electron chi connectivity index (χ0n) is 11.7. The van der Waals surface area contributed by atoms with Gasteiger partial charge < -0.3 is 9.47 Å². The van der Waals surface area contributed by atoms with Crippen molar-refractivity contribution in [1.82, 2.24) is 5.32 Å². The van der Waals surface area contributed by atoms with Crippen LogP contribution in [-0.4, -0.2) is 31.5 Å². The van der Waals surface area contributed by atoms with E-state index in [0.29, 0.717) is 10.6 Å². The van der Waals surface area contributed by atoms with Crippen molar-refractivity contribution in [2.45, 2.75) is 0 Å². The van der Waals surface area contributed by atoms with Gasteiger partial charge in [-0.05, 0) is 29.6 Å². The average molecular weight is 319 g/mol. The number of nitrogens with one attached hydrogen (secondary N) is 1. The highest BCUT2D eigenvalue weighted by molar-refractivity contribution is 7.12. The molecule has 0 unspecified atom stereocenters. The molecule has 2 rings (SSSR count). The van der Waals surface area contributed by atoms with Crippen LogP contribution >= 0.6 is 11.3 Å². The first-order valence-electron chi connectivity index (χ1n) is 6.29. The zero-order valence-corrected chi connectivity index (χ0v) is 12.5. The van der Waals surface area contributed by atoms with E-state index in [2.05, 4.69) is 5.32 Å². The van der Waals surface area contributed by atoms with Crippen molar-refractivity contribution in [2.24, 2.45) is 0 Å². The molecular weight excluding hydrogens is 306 g/mol. The lowest BCUT2D eigenvalue weighted by molar-refractivity contribution is -0.123. The highest BCUT2D eigenvalue weighted by atomic mass is 32.1. The Bertz CT molecular complexity index is 681. The van der Waals surface area contributed by atoms with Crippen molar-refractivity contribution in [2.75, 3.05) is 13.7 Å². The molecule has 0 aliphatic heterocycles. The first kappa shape index (κ1) is 15.7. The fraction of sp³-hybridized carbons (Fsp3) is 0.133. The van der Waals surface area contributed by atoms with Crippen LogP contribution < -0.4 is 10.1 Å². The molecule has 0 spiro atoms. The van der Waals surface area contributed by atoms with Gasteiger partial charge in [0, 0.05) is 0 Å². The van der Waals surface area contributed by atoms with E-state index < -0.39 is 24.4 Å². The zero-order chi connectivity index (χ0) is 15.9. The normalized spacial score (nSPS) is 9.86. The second-order valence-electron chi connectivity index (χ2n) is 4.16.